The molecule has 1 atom stereocenters. The molecule has 0 spiro atoms. The molecule has 1 aliphatic carbocycles. The molecule has 2 heterocycles. The van der Waals surface area contributed by atoms with Gasteiger partial charge in [-0.25, -0.2) is 0 Å². The molecule has 6 rings (SSSR count). The third-order valence-corrected chi connectivity index (χ3v) is 8.38. The fourth-order valence-corrected chi connectivity index (χ4v) is 5.72. The van der Waals surface area contributed by atoms with E-state index in [1.165, 1.54) is 0 Å². The van der Waals surface area contributed by atoms with Gasteiger partial charge in [-0.05, 0) is 68.1 Å². The van der Waals surface area contributed by atoms with Gasteiger partial charge in [-0.1, -0.05) is 29.8 Å². The van der Waals surface area contributed by atoms with Gasteiger partial charge in [-0.2, -0.15) is 0 Å². The summed E-state index contributed by atoms with van der Waals surface area (Å²) in [6, 6.07) is 16.6. The van der Waals surface area contributed by atoms with Crippen LogP contribution >= 0.6 is 0 Å². The quantitative estimate of drug-likeness (QED) is 0.324. The van der Waals surface area contributed by atoms with Crippen LogP contribution in [0.5, 0.6) is 11.5 Å². The Morgan fingerprint density at radius 1 is 0.867 bits per heavy atom. The molecule has 3 N–H and O–H groups in total. The van der Waals surface area contributed by atoms with Crippen LogP contribution in [0.25, 0.3) is 0 Å². The molecule has 11 heteroatoms. The number of hydrogen-bond donors (Lipinski definition) is 3. The first-order valence-corrected chi connectivity index (χ1v) is 15.2. The van der Waals surface area contributed by atoms with E-state index in [-0.39, 0.29) is 30.6 Å². The van der Waals surface area contributed by atoms with Gasteiger partial charge in [0.15, 0.2) is 11.5 Å². The fraction of sp³-hybridized carbons (Fsp3) is 0.353. The van der Waals surface area contributed by atoms with Crippen LogP contribution in [-0.4, -0.2) is 66.7 Å². The summed E-state index contributed by atoms with van der Waals surface area (Å²) in [6.45, 7) is 4.51. The molecule has 2 aliphatic heterocycles. The summed E-state index contributed by atoms with van der Waals surface area (Å²) in [4.78, 5) is 55.5. The number of hydrogen-bond acceptors (Lipinski definition) is 7. The lowest BCUT2D eigenvalue weighted by molar-refractivity contribution is -0.137. The first-order chi connectivity index (χ1) is 21.7. The molecule has 1 saturated carbocycles. The Hall–Kier alpha value is -5.06. The standard InChI is InChI=1S/C34H36N4O7/c1-21-3-5-22(6-4-21)26(19-31(39)40)35-32(41)24-9-11-28(37-13-2-14-38(16-15-37)34(43)23-7-8-23)27(17-24)36-33(42)25-10-12-29-30(18-25)45-20-44-29/h3-6,9-12,17-18,23,26H,2,7-8,13-16,19-20H2,1H3,(H,35,41)(H,36,42)(H,39,40). The lowest BCUT2D eigenvalue weighted by atomic mass is 10.0. The molecular formula is C34H36N4O7. The van der Waals surface area contributed by atoms with Crippen LogP contribution in [0.1, 0.15) is 63.6 Å². The van der Waals surface area contributed by atoms with Crippen LogP contribution in [0, 0.1) is 12.8 Å². The van der Waals surface area contributed by atoms with Crippen molar-refractivity contribution in [2.45, 2.75) is 38.6 Å². The molecule has 3 aliphatic rings. The highest BCUT2D eigenvalue weighted by molar-refractivity contribution is 6.07. The average Bonchev–Trinajstić information content (AvgIpc) is 3.82. The smallest absolute Gasteiger partial charge is 0.305 e. The van der Waals surface area contributed by atoms with Crippen molar-refractivity contribution >= 4 is 35.1 Å². The highest BCUT2D eigenvalue weighted by Gasteiger charge is 2.34. The van der Waals surface area contributed by atoms with E-state index in [4.69, 9.17) is 9.47 Å². The van der Waals surface area contributed by atoms with E-state index >= 15 is 0 Å². The van der Waals surface area contributed by atoms with E-state index < -0.39 is 23.8 Å². The van der Waals surface area contributed by atoms with Crippen LogP contribution in [0.3, 0.4) is 0 Å². The van der Waals surface area contributed by atoms with Gasteiger partial charge in [0.05, 0.1) is 23.8 Å². The number of anilines is 2. The van der Waals surface area contributed by atoms with E-state index in [1.807, 2.05) is 24.0 Å². The van der Waals surface area contributed by atoms with Gasteiger partial charge >= 0.3 is 5.97 Å². The highest BCUT2D eigenvalue weighted by atomic mass is 16.7. The molecule has 0 bridgehead atoms. The number of aliphatic carboxylic acids is 1. The number of benzene rings is 3. The number of aryl methyl sites for hydroxylation is 1. The summed E-state index contributed by atoms with van der Waals surface area (Å²) in [6.07, 6.45) is 2.39. The number of fused-ring (bicyclic) bond motifs is 1. The Bertz CT molecular complexity index is 1620. The summed E-state index contributed by atoms with van der Waals surface area (Å²) in [5, 5.41) is 15.4. The number of carboxylic acid groups (broad SMARTS) is 1. The van der Waals surface area contributed by atoms with Crippen LogP contribution in [-0.2, 0) is 9.59 Å². The number of ether oxygens (including phenoxy) is 2. The van der Waals surface area contributed by atoms with Crippen molar-refractivity contribution in [1.29, 1.82) is 0 Å². The van der Waals surface area contributed by atoms with Crippen molar-refractivity contribution in [3.05, 3.63) is 82.9 Å². The fourth-order valence-electron chi connectivity index (χ4n) is 5.72. The maximum atomic E-state index is 13.5. The third-order valence-electron chi connectivity index (χ3n) is 8.38. The minimum Gasteiger partial charge on any atom is -0.481 e. The van der Waals surface area contributed by atoms with Crippen molar-refractivity contribution < 1.29 is 33.8 Å². The Balaban J connectivity index is 1.27. The molecule has 3 amide bonds. The second-order valence-electron chi connectivity index (χ2n) is 11.7. The molecular weight excluding hydrogens is 576 g/mol. The van der Waals surface area contributed by atoms with Crippen molar-refractivity contribution in [2.75, 3.05) is 43.2 Å². The van der Waals surface area contributed by atoms with Crippen molar-refractivity contribution in [3.8, 4) is 11.5 Å². The zero-order chi connectivity index (χ0) is 31.5. The normalized spacial score (nSPS) is 16.5. The van der Waals surface area contributed by atoms with Crippen LogP contribution in [0.2, 0.25) is 0 Å². The first kappa shape index (κ1) is 30.0. The van der Waals surface area contributed by atoms with E-state index in [2.05, 4.69) is 15.5 Å². The summed E-state index contributed by atoms with van der Waals surface area (Å²) in [7, 11) is 0. The van der Waals surface area contributed by atoms with Crippen molar-refractivity contribution in [1.82, 2.24) is 10.2 Å². The molecule has 45 heavy (non-hydrogen) atoms. The molecule has 1 unspecified atom stereocenters. The van der Waals surface area contributed by atoms with E-state index in [0.717, 1.165) is 30.5 Å². The number of amides is 3. The monoisotopic (exact) mass is 612 g/mol. The zero-order valence-electron chi connectivity index (χ0n) is 25.1. The first-order valence-electron chi connectivity index (χ1n) is 15.2. The summed E-state index contributed by atoms with van der Waals surface area (Å²) >= 11 is 0. The molecule has 11 nitrogen and oxygen atoms in total. The van der Waals surface area contributed by atoms with Crippen LogP contribution < -0.4 is 25.0 Å². The van der Waals surface area contributed by atoms with Gasteiger partial charge in [-0.3, -0.25) is 19.2 Å². The highest BCUT2D eigenvalue weighted by Crippen LogP contribution is 2.35. The molecule has 234 valence electrons. The van der Waals surface area contributed by atoms with Gasteiger partial charge in [0, 0.05) is 43.2 Å². The lowest BCUT2D eigenvalue weighted by Crippen LogP contribution is -2.36. The third kappa shape index (κ3) is 7.03. The molecule has 1 saturated heterocycles. The van der Waals surface area contributed by atoms with Crippen molar-refractivity contribution in [2.24, 2.45) is 5.92 Å². The van der Waals surface area contributed by atoms with E-state index in [9.17, 15) is 24.3 Å². The predicted molar refractivity (Wildman–Crippen MR) is 167 cm³/mol. The average molecular weight is 613 g/mol. The summed E-state index contributed by atoms with van der Waals surface area (Å²) in [5.74, 6) is -0.501. The minimum atomic E-state index is -1.04. The van der Waals surface area contributed by atoms with Gasteiger partial charge in [0.1, 0.15) is 0 Å². The van der Waals surface area contributed by atoms with Gasteiger partial charge < -0.3 is 35.0 Å². The van der Waals surface area contributed by atoms with Crippen molar-refractivity contribution in [3.63, 3.8) is 0 Å². The number of carboxylic acids is 1. The lowest BCUT2D eigenvalue weighted by Gasteiger charge is -2.27. The van der Waals surface area contributed by atoms with E-state index in [1.54, 1.807) is 48.5 Å². The Kier molecular flexibility index (Phi) is 8.59. The molecule has 3 aromatic rings. The number of nitrogens with one attached hydrogen (secondary N) is 2. The summed E-state index contributed by atoms with van der Waals surface area (Å²) in [5.41, 5.74) is 3.48. The Labute approximate surface area is 261 Å². The van der Waals surface area contributed by atoms with E-state index in [0.29, 0.717) is 54.5 Å². The zero-order valence-corrected chi connectivity index (χ0v) is 25.1. The van der Waals surface area contributed by atoms with Gasteiger partial charge in [0.2, 0.25) is 12.7 Å². The topological polar surface area (TPSA) is 138 Å². The SMILES string of the molecule is Cc1ccc(C(CC(=O)O)NC(=O)c2ccc(N3CCCN(C(=O)C4CC4)CC3)c(NC(=O)c3ccc4c(c3)OCO4)c2)cc1. The number of carbonyl (C=O) groups is 4. The molecule has 2 fully saturated rings. The van der Waals surface area contributed by atoms with Crippen LogP contribution in [0.4, 0.5) is 11.4 Å². The number of rotatable bonds is 9. The Morgan fingerprint density at radius 2 is 1.60 bits per heavy atom. The van der Waals surface area contributed by atoms with Crippen LogP contribution in [0.15, 0.2) is 60.7 Å². The number of carbonyl (C=O) groups excluding carboxylic acids is 3. The Morgan fingerprint density at radius 3 is 2.36 bits per heavy atom. The maximum Gasteiger partial charge on any atom is 0.305 e. The minimum absolute atomic E-state index is 0.0857. The number of nitrogens with zero attached hydrogens (tertiary/aromatic N) is 2. The molecule has 0 aromatic heterocycles. The second-order valence-corrected chi connectivity index (χ2v) is 11.7. The second kappa shape index (κ2) is 12.9. The predicted octanol–water partition coefficient (Wildman–Crippen LogP) is 4.37. The maximum absolute atomic E-state index is 13.5. The molecule has 3 aromatic carbocycles. The molecule has 0 radical (unpaired) electrons. The van der Waals surface area contributed by atoms with Gasteiger partial charge in [-0.15, -0.1) is 0 Å². The summed E-state index contributed by atoms with van der Waals surface area (Å²) < 4.78 is 10.8. The van der Waals surface area contributed by atoms with Gasteiger partial charge in [0.25, 0.3) is 11.8 Å². The largest absolute Gasteiger partial charge is 0.481 e.